The van der Waals surface area contributed by atoms with E-state index >= 15 is 0 Å². The fraction of sp³-hybridized carbons (Fsp3) is 0.286. The molecular formula is C35H37N5O5. The highest BCUT2D eigenvalue weighted by molar-refractivity contribution is 6.02. The molecule has 0 spiro atoms. The molecule has 0 aliphatic heterocycles. The predicted octanol–water partition coefficient (Wildman–Crippen LogP) is 7.26. The van der Waals surface area contributed by atoms with Crippen LogP contribution in [-0.4, -0.2) is 39.7 Å². The first-order valence-corrected chi connectivity index (χ1v) is 15.2. The first-order chi connectivity index (χ1) is 21.8. The molecule has 10 heteroatoms. The number of nitrogens with zero attached hydrogens (tertiary/aromatic N) is 3. The summed E-state index contributed by atoms with van der Waals surface area (Å²) in [6, 6.07) is 21.9. The Morgan fingerprint density at radius 3 is 2.42 bits per heavy atom. The average molecular weight is 608 g/mol. The molecule has 232 valence electrons. The van der Waals surface area contributed by atoms with Gasteiger partial charge in [-0.2, -0.15) is 4.98 Å². The van der Waals surface area contributed by atoms with Crippen molar-refractivity contribution in [3.63, 3.8) is 0 Å². The van der Waals surface area contributed by atoms with Gasteiger partial charge in [-0.25, -0.2) is 4.79 Å². The van der Waals surface area contributed by atoms with E-state index in [4.69, 9.17) is 9.63 Å². The maximum atomic E-state index is 13.8. The summed E-state index contributed by atoms with van der Waals surface area (Å²) < 4.78 is 5.44. The minimum absolute atomic E-state index is 0.0450. The van der Waals surface area contributed by atoms with Gasteiger partial charge in [0.05, 0.1) is 13.0 Å². The van der Waals surface area contributed by atoms with E-state index in [-0.39, 0.29) is 37.4 Å². The second-order valence-corrected chi connectivity index (χ2v) is 11.3. The first-order valence-electron chi connectivity index (χ1n) is 15.2. The number of amides is 3. The van der Waals surface area contributed by atoms with E-state index in [1.807, 2.05) is 38.1 Å². The lowest BCUT2D eigenvalue weighted by molar-refractivity contribution is -0.136. The van der Waals surface area contributed by atoms with Gasteiger partial charge < -0.3 is 20.3 Å². The van der Waals surface area contributed by atoms with Crippen LogP contribution in [0.1, 0.15) is 79.2 Å². The van der Waals surface area contributed by atoms with Crippen LogP contribution in [-0.2, 0) is 11.3 Å². The van der Waals surface area contributed by atoms with Crippen molar-refractivity contribution >= 4 is 34.9 Å². The number of urea groups is 1. The van der Waals surface area contributed by atoms with Gasteiger partial charge in [0.15, 0.2) is 5.82 Å². The van der Waals surface area contributed by atoms with Gasteiger partial charge in [-0.3, -0.25) is 14.5 Å². The van der Waals surface area contributed by atoms with E-state index in [0.29, 0.717) is 28.5 Å². The number of benzene rings is 3. The maximum absolute atomic E-state index is 13.8. The summed E-state index contributed by atoms with van der Waals surface area (Å²) in [5.74, 6) is -0.214. The van der Waals surface area contributed by atoms with Crippen LogP contribution >= 0.6 is 0 Å². The minimum Gasteiger partial charge on any atom is -0.481 e. The number of carboxylic acids is 1. The van der Waals surface area contributed by atoms with Crippen LogP contribution in [0.4, 0.5) is 16.2 Å². The topological polar surface area (TPSA) is 138 Å². The fourth-order valence-corrected chi connectivity index (χ4v) is 5.07. The maximum Gasteiger partial charge on any atom is 0.326 e. The Balaban J connectivity index is 1.36. The van der Waals surface area contributed by atoms with Gasteiger partial charge in [0.1, 0.15) is 0 Å². The van der Waals surface area contributed by atoms with Crippen molar-refractivity contribution in [3.05, 3.63) is 101 Å². The van der Waals surface area contributed by atoms with Gasteiger partial charge in [0, 0.05) is 35.0 Å². The zero-order valence-electron chi connectivity index (χ0n) is 25.5. The molecule has 0 unspecified atom stereocenters. The molecule has 1 heterocycles. The molecular weight excluding hydrogens is 570 g/mol. The molecule has 3 aromatic carbocycles. The van der Waals surface area contributed by atoms with Gasteiger partial charge in [0.25, 0.3) is 11.8 Å². The molecule has 0 radical (unpaired) electrons. The Bertz CT molecular complexity index is 1680. The van der Waals surface area contributed by atoms with Crippen molar-refractivity contribution in [2.75, 3.05) is 16.8 Å². The van der Waals surface area contributed by atoms with Crippen LogP contribution in [0.2, 0.25) is 0 Å². The smallest absolute Gasteiger partial charge is 0.326 e. The molecule has 0 saturated carbocycles. The Morgan fingerprint density at radius 2 is 1.76 bits per heavy atom. The second-order valence-electron chi connectivity index (χ2n) is 11.3. The molecule has 10 nitrogen and oxygen atoms in total. The van der Waals surface area contributed by atoms with Crippen molar-refractivity contribution in [2.45, 2.75) is 58.4 Å². The van der Waals surface area contributed by atoms with Crippen molar-refractivity contribution < 1.29 is 24.0 Å². The van der Waals surface area contributed by atoms with E-state index in [2.05, 4.69) is 39.0 Å². The van der Waals surface area contributed by atoms with E-state index < -0.39 is 5.97 Å². The van der Waals surface area contributed by atoms with E-state index in [1.165, 1.54) is 18.4 Å². The van der Waals surface area contributed by atoms with Crippen molar-refractivity contribution in [3.8, 4) is 11.5 Å². The minimum atomic E-state index is -0.978. The second kappa shape index (κ2) is 14.5. The molecule has 0 bridgehead atoms. The number of aromatic nitrogens is 2. The molecule has 1 aliphatic carbocycles. The van der Waals surface area contributed by atoms with Gasteiger partial charge in [0.2, 0.25) is 0 Å². The highest BCUT2D eigenvalue weighted by Crippen LogP contribution is 2.29. The third kappa shape index (κ3) is 8.23. The molecule has 1 aromatic heterocycles. The molecule has 3 N–H and O–H groups in total. The first kappa shape index (κ1) is 31.2. The molecule has 1 aliphatic rings. The normalized spacial score (nSPS) is 12.8. The van der Waals surface area contributed by atoms with Gasteiger partial charge in [-0.1, -0.05) is 55.4 Å². The van der Waals surface area contributed by atoms with Crippen LogP contribution in [0, 0.1) is 0 Å². The van der Waals surface area contributed by atoms with E-state index in [1.54, 1.807) is 41.3 Å². The number of carboxylic acid groups (broad SMARTS) is 1. The number of carbonyl (C=O) groups excluding carboxylic acids is 2. The van der Waals surface area contributed by atoms with Gasteiger partial charge >= 0.3 is 12.0 Å². The van der Waals surface area contributed by atoms with Crippen molar-refractivity contribution in [1.29, 1.82) is 0 Å². The number of anilines is 2. The van der Waals surface area contributed by atoms with Crippen molar-refractivity contribution in [2.24, 2.45) is 0 Å². The van der Waals surface area contributed by atoms with Gasteiger partial charge in [-0.05, 0) is 84.8 Å². The fourth-order valence-electron chi connectivity index (χ4n) is 5.07. The number of hydrogen-bond donors (Lipinski definition) is 3. The van der Waals surface area contributed by atoms with Crippen LogP contribution in [0.5, 0.6) is 0 Å². The van der Waals surface area contributed by atoms with Gasteiger partial charge in [-0.15, -0.1) is 0 Å². The van der Waals surface area contributed by atoms with Crippen LogP contribution in [0.3, 0.4) is 0 Å². The van der Waals surface area contributed by atoms with Crippen LogP contribution in [0.25, 0.3) is 17.0 Å². The van der Waals surface area contributed by atoms with Crippen molar-refractivity contribution in [1.82, 2.24) is 15.5 Å². The Morgan fingerprint density at radius 1 is 0.978 bits per heavy atom. The number of aliphatic carboxylic acids is 1. The monoisotopic (exact) mass is 607 g/mol. The zero-order valence-corrected chi connectivity index (χ0v) is 25.5. The summed E-state index contributed by atoms with van der Waals surface area (Å²) in [6.07, 6.45) is 6.67. The predicted molar refractivity (Wildman–Crippen MR) is 173 cm³/mol. The summed E-state index contributed by atoms with van der Waals surface area (Å²) in [4.78, 5) is 43.1. The molecule has 4 aromatic rings. The lowest BCUT2D eigenvalue weighted by Gasteiger charge is -2.24. The van der Waals surface area contributed by atoms with E-state index in [9.17, 15) is 14.4 Å². The standard InChI is InChI=1S/C35H37N5O5/c1-23(2)32-38-34(45-39-32)28-9-6-10-29(21-28)37-35(44)40(30-17-15-26(16-18-30)25-7-4-3-5-8-25)22-24-11-13-27(14-12-24)33(43)36-20-19-31(41)42/h6-7,9-18,21,23H,3-5,8,19-20,22H2,1-2H3,(H,36,43)(H,37,44)(H,41,42). The number of carbonyl (C=O) groups is 3. The van der Waals surface area contributed by atoms with Crippen LogP contribution in [0.15, 0.2) is 83.4 Å². The Labute approximate surface area is 262 Å². The van der Waals surface area contributed by atoms with E-state index in [0.717, 1.165) is 29.7 Å². The Kier molecular flexibility index (Phi) is 10.0. The summed E-state index contributed by atoms with van der Waals surface area (Å²) in [5, 5.41) is 18.5. The highest BCUT2D eigenvalue weighted by atomic mass is 16.5. The molecule has 3 amide bonds. The quantitative estimate of drug-likeness (QED) is 0.163. The summed E-state index contributed by atoms with van der Waals surface area (Å²) in [6.45, 7) is 4.27. The Hall–Kier alpha value is -5.25. The molecule has 5 rings (SSSR count). The SMILES string of the molecule is CC(C)c1noc(-c2cccc(NC(=O)N(Cc3ccc(C(=O)NCCC(=O)O)cc3)c3ccc(C4=CCCCC4)cc3)c2)n1. The summed E-state index contributed by atoms with van der Waals surface area (Å²) in [5.41, 5.74) is 5.70. The average Bonchev–Trinajstić information content (AvgIpc) is 3.56. The molecule has 0 atom stereocenters. The zero-order chi connectivity index (χ0) is 31.8. The lowest BCUT2D eigenvalue weighted by Crippen LogP contribution is -2.34. The molecule has 45 heavy (non-hydrogen) atoms. The third-order valence-corrected chi connectivity index (χ3v) is 7.59. The number of hydrogen-bond acceptors (Lipinski definition) is 6. The number of rotatable bonds is 11. The molecule has 0 saturated heterocycles. The number of nitrogens with one attached hydrogen (secondary N) is 2. The molecule has 0 fully saturated rings. The largest absolute Gasteiger partial charge is 0.481 e. The van der Waals surface area contributed by atoms with Crippen LogP contribution < -0.4 is 15.5 Å². The third-order valence-electron chi connectivity index (χ3n) is 7.59. The number of allylic oxidation sites excluding steroid dienone is 2. The summed E-state index contributed by atoms with van der Waals surface area (Å²) >= 11 is 0. The summed E-state index contributed by atoms with van der Waals surface area (Å²) in [7, 11) is 0. The lowest BCUT2D eigenvalue weighted by atomic mass is 9.93. The highest BCUT2D eigenvalue weighted by Gasteiger charge is 2.19.